The van der Waals surface area contributed by atoms with Crippen LogP contribution in [0.25, 0.3) is 11.3 Å². The molecule has 0 aliphatic rings. The fourth-order valence-electron chi connectivity index (χ4n) is 2.30. The Kier molecular flexibility index (Phi) is 4.10. The monoisotopic (exact) mass is 308 g/mol. The molecule has 116 valence electrons. The zero-order chi connectivity index (χ0) is 16.2. The molecule has 0 saturated carbocycles. The van der Waals surface area contributed by atoms with Gasteiger partial charge >= 0.3 is 0 Å². The maximum Gasteiger partial charge on any atom is 0.261 e. The summed E-state index contributed by atoms with van der Waals surface area (Å²) in [6.07, 6.45) is 0. The number of amides is 1. The van der Waals surface area contributed by atoms with Gasteiger partial charge in [0.2, 0.25) is 0 Å². The van der Waals surface area contributed by atoms with Crippen LogP contribution in [0.1, 0.15) is 16.1 Å². The largest absolute Gasteiger partial charge is 0.497 e. The molecule has 1 N–H and O–H groups in total. The van der Waals surface area contributed by atoms with Crippen LogP contribution in [0.5, 0.6) is 5.75 Å². The first-order chi connectivity index (χ1) is 11.2. The fourth-order valence-corrected chi connectivity index (χ4v) is 2.30. The van der Waals surface area contributed by atoms with E-state index in [9.17, 15) is 4.79 Å². The Balaban J connectivity index is 1.89. The van der Waals surface area contributed by atoms with Gasteiger partial charge in [-0.2, -0.15) is 0 Å². The highest BCUT2D eigenvalue weighted by molar-refractivity contribution is 6.08. The number of nitrogens with one attached hydrogen (secondary N) is 1. The highest BCUT2D eigenvalue weighted by Gasteiger charge is 2.21. The summed E-state index contributed by atoms with van der Waals surface area (Å²) in [4.78, 5) is 12.6. The van der Waals surface area contributed by atoms with Crippen molar-refractivity contribution in [3.63, 3.8) is 0 Å². The fraction of sp³-hybridized carbons (Fsp3) is 0.111. The van der Waals surface area contributed by atoms with E-state index in [1.807, 2.05) is 30.3 Å². The summed E-state index contributed by atoms with van der Waals surface area (Å²) in [5.41, 5.74) is 2.49. The maximum absolute atomic E-state index is 12.6. The van der Waals surface area contributed by atoms with Gasteiger partial charge in [0.1, 0.15) is 22.8 Å². The summed E-state index contributed by atoms with van der Waals surface area (Å²) in [7, 11) is 1.60. The number of carbonyl (C=O) groups excluding carboxylic acids is 1. The molecule has 0 fully saturated rings. The first-order valence-electron chi connectivity index (χ1n) is 7.16. The number of aryl methyl sites for hydroxylation is 1. The van der Waals surface area contributed by atoms with Crippen LogP contribution in [0, 0.1) is 6.92 Å². The Labute approximate surface area is 133 Å². The van der Waals surface area contributed by atoms with Crippen molar-refractivity contribution >= 4 is 11.6 Å². The molecule has 1 heterocycles. The summed E-state index contributed by atoms with van der Waals surface area (Å²) < 4.78 is 10.3. The minimum Gasteiger partial charge on any atom is -0.497 e. The van der Waals surface area contributed by atoms with Crippen LogP contribution in [-0.2, 0) is 0 Å². The highest BCUT2D eigenvalue weighted by Crippen LogP contribution is 2.26. The van der Waals surface area contributed by atoms with E-state index in [1.54, 1.807) is 38.3 Å². The molecule has 0 unspecified atom stereocenters. The molecular weight excluding hydrogens is 292 g/mol. The van der Waals surface area contributed by atoms with E-state index in [4.69, 9.17) is 9.26 Å². The van der Waals surface area contributed by atoms with E-state index in [1.165, 1.54) is 0 Å². The second kappa shape index (κ2) is 6.36. The third-order valence-corrected chi connectivity index (χ3v) is 3.48. The summed E-state index contributed by atoms with van der Waals surface area (Å²) in [5, 5.41) is 6.87. The first kappa shape index (κ1) is 14.8. The molecule has 5 nitrogen and oxygen atoms in total. The van der Waals surface area contributed by atoms with Crippen LogP contribution < -0.4 is 10.1 Å². The molecule has 0 radical (unpaired) electrons. The van der Waals surface area contributed by atoms with E-state index >= 15 is 0 Å². The van der Waals surface area contributed by atoms with Crippen LogP contribution in [0.15, 0.2) is 59.1 Å². The molecule has 3 aromatic rings. The molecule has 23 heavy (non-hydrogen) atoms. The van der Waals surface area contributed by atoms with Gasteiger partial charge in [-0.25, -0.2) is 0 Å². The summed E-state index contributed by atoms with van der Waals surface area (Å²) in [5.74, 6) is 0.955. The Bertz CT molecular complexity index is 808. The van der Waals surface area contributed by atoms with Gasteiger partial charge in [0, 0.05) is 11.3 Å². The lowest BCUT2D eigenvalue weighted by Crippen LogP contribution is -2.13. The third-order valence-electron chi connectivity index (χ3n) is 3.48. The molecule has 1 aromatic heterocycles. The van der Waals surface area contributed by atoms with Crippen molar-refractivity contribution in [2.75, 3.05) is 12.4 Å². The predicted octanol–water partition coefficient (Wildman–Crippen LogP) is 3.91. The Hall–Kier alpha value is -3.08. The molecule has 0 spiro atoms. The number of anilines is 1. The van der Waals surface area contributed by atoms with Crippen LogP contribution in [0.4, 0.5) is 5.69 Å². The second-order valence-corrected chi connectivity index (χ2v) is 5.01. The molecule has 0 aliphatic carbocycles. The minimum absolute atomic E-state index is 0.257. The van der Waals surface area contributed by atoms with Gasteiger partial charge in [-0.15, -0.1) is 0 Å². The van der Waals surface area contributed by atoms with Crippen LogP contribution >= 0.6 is 0 Å². The van der Waals surface area contributed by atoms with Crippen molar-refractivity contribution < 1.29 is 14.1 Å². The van der Waals surface area contributed by atoms with Crippen molar-refractivity contribution in [1.82, 2.24) is 5.16 Å². The van der Waals surface area contributed by atoms with Gasteiger partial charge in [-0.05, 0) is 31.2 Å². The number of carbonyl (C=O) groups is 1. The van der Waals surface area contributed by atoms with Crippen LogP contribution in [-0.4, -0.2) is 18.2 Å². The SMILES string of the molecule is COc1ccc(NC(=O)c2c(-c3ccccc3)noc2C)cc1. The number of nitrogens with zero attached hydrogens (tertiary/aromatic N) is 1. The molecule has 0 saturated heterocycles. The van der Waals surface area contributed by atoms with Crippen molar-refractivity contribution in [3.8, 4) is 17.0 Å². The Morgan fingerprint density at radius 3 is 2.43 bits per heavy atom. The molecule has 3 rings (SSSR count). The first-order valence-corrected chi connectivity index (χ1v) is 7.16. The zero-order valence-corrected chi connectivity index (χ0v) is 12.9. The lowest BCUT2D eigenvalue weighted by Gasteiger charge is -2.07. The van der Waals surface area contributed by atoms with Gasteiger partial charge in [0.15, 0.2) is 0 Å². The molecule has 0 aliphatic heterocycles. The third kappa shape index (κ3) is 3.08. The topological polar surface area (TPSA) is 64.4 Å². The molecule has 5 heteroatoms. The second-order valence-electron chi connectivity index (χ2n) is 5.01. The van der Waals surface area contributed by atoms with Crippen LogP contribution in [0.3, 0.4) is 0 Å². The quantitative estimate of drug-likeness (QED) is 0.793. The molecular formula is C18H16N2O3. The van der Waals surface area contributed by atoms with E-state index < -0.39 is 0 Å². The highest BCUT2D eigenvalue weighted by atomic mass is 16.5. The van der Waals surface area contributed by atoms with Crippen molar-refractivity contribution in [2.45, 2.75) is 6.92 Å². The number of benzene rings is 2. The van der Waals surface area contributed by atoms with Crippen molar-refractivity contribution in [2.24, 2.45) is 0 Å². The zero-order valence-electron chi connectivity index (χ0n) is 12.9. The van der Waals surface area contributed by atoms with Crippen molar-refractivity contribution in [1.29, 1.82) is 0 Å². The normalized spacial score (nSPS) is 10.3. The van der Waals surface area contributed by atoms with E-state index in [0.29, 0.717) is 22.7 Å². The smallest absolute Gasteiger partial charge is 0.261 e. The van der Waals surface area contributed by atoms with E-state index in [-0.39, 0.29) is 5.91 Å². The number of methoxy groups -OCH3 is 1. The average Bonchev–Trinajstić information content (AvgIpc) is 2.98. The summed E-state index contributed by atoms with van der Waals surface area (Å²) >= 11 is 0. The predicted molar refractivity (Wildman–Crippen MR) is 87.6 cm³/mol. The van der Waals surface area contributed by atoms with Gasteiger partial charge in [-0.1, -0.05) is 35.5 Å². The van der Waals surface area contributed by atoms with Gasteiger partial charge in [0.05, 0.1) is 7.11 Å². The van der Waals surface area contributed by atoms with Gasteiger partial charge in [-0.3, -0.25) is 4.79 Å². The Morgan fingerprint density at radius 2 is 1.78 bits per heavy atom. The van der Waals surface area contributed by atoms with E-state index in [2.05, 4.69) is 10.5 Å². The minimum atomic E-state index is -0.257. The average molecular weight is 308 g/mol. The molecule has 0 atom stereocenters. The number of hydrogen-bond donors (Lipinski definition) is 1. The van der Waals surface area contributed by atoms with Gasteiger partial charge < -0.3 is 14.6 Å². The lowest BCUT2D eigenvalue weighted by molar-refractivity contribution is 0.102. The maximum atomic E-state index is 12.6. The molecule has 1 amide bonds. The van der Waals surface area contributed by atoms with Gasteiger partial charge in [0.25, 0.3) is 5.91 Å². The Morgan fingerprint density at radius 1 is 1.09 bits per heavy atom. The molecule has 0 bridgehead atoms. The number of ether oxygens (including phenoxy) is 1. The molecule has 2 aromatic carbocycles. The number of rotatable bonds is 4. The number of hydrogen-bond acceptors (Lipinski definition) is 4. The summed E-state index contributed by atoms with van der Waals surface area (Å²) in [6.45, 7) is 1.72. The van der Waals surface area contributed by atoms with Crippen molar-refractivity contribution in [3.05, 3.63) is 65.9 Å². The van der Waals surface area contributed by atoms with E-state index in [0.717, 1.165) is 11.3 Å². The lowest BCUT2D eigenvalue weighted by atomic mass is 10.1. The van der Waals surface area contributed by atoms with Crippen LogP contribution in [0.2, 0.25) is 0 Å². The number of aromatic nitrogens is 1. The standard InChI is InChI=1S/C18H16N2O3/c1-12-16(17(20-23-12)13-6-4-3-5-7-13)18(21)19-14-8-10-15(22-2)11-9-14/h3-11H,1-2H3,(H,19,21). The summed E-state index contributed by atoms with van der Waals surface area (Å²) in [6, 6.07) is 16.6.